The van der Waals surface area contributed by atoms with Crippen LogP contribution in [0, 0.1) is 0 Å². The smallest absolute Gasteiger partial charge is 0.349 e. The monoisotopic (exact) mass is 473 g/mol. The highest BCUT2D eigenvalue weighted by molar-refractivity contribution is 6.32. The van der Waals surface area contributed by atoms with E-state index in [1.165, 1.54) is 18.2 Å². The Hall–Kier alpha value is -4.16. The Morgan fingerprint density at radius 1 is 1.00 bits per heavy atom. The first-order chi connectivity index (χ1) is 16.4. The lowest BCUT2D eigenvalue weighted by atomic mass is 10.1. The predicted octanol–water partition coefficient (Wildman–Crippen LogP) is 5.56. The van der Waals surface area contributed by atoms with E-state index >= 15 is 0 Å². The summed E-state index contributed by atoms with van der Waals surface area (Å²) in [5, 5.41) is 3.83. The van der Waals surface area contributed by atoms with Gasteiger partial charge in [-0.1, -0.05) is 60.1 Å². The van der Waals surface area contributed by atoms with Gasteiger partial charge in [0.05, 0.1) is 6.04 Å². The summed E-state index contributed by atoms with van der Waals surface area (Å²) in [7, 11) is 0. The maximum absolute atomic E-state index is 12.7. The molecule has 6 nitrogen and oxygen atoms in total. The van der Waals surface area contributed by atoms with Crippen molar-refractivity contribution < 1.29 is 18.7 Å². The summed E-state index contributed by atoms with van der Waals surface area (Å²) < 4.78 is 10.6. The molecule has 1 heterocycles. The van der Waals surface area contributed by atoms with Crippen LogP contribution < -0.4 is 15.7 Å². The Morgan fingerprint density at radius 3 is 2.50 bits per heavy atom. The van der Waals surface area contributed by atoms with Crippen molar-refractivity contribution in [3.8, 4) is 5.75 Å². The summed E-state index contributed by atoms with van der Waals surface area (Å²) in [6, 6.07) is 22.2. The van der Waals surface area contributed by atoms with E-state index in [1.807, 2.05) is 37.3 Å². The van der Waals surface area contributed by atoms with Crippen LogP contribution in [0.15, 0.2) is 94.2 Å². The molecular weight excluding hydrogens is 454 g/mol. The standard InChI is InChI=1S/C27H20ClNO5/c1-17(18-7-3-2-4-8-18)29-26(31)22-15-20-11-13-21(16-24(20)34-27(22)32)33-25(30)14-12-19-9-5-6-10-23(19)28/h2-17H,1H3,(H,29,31)/b14-12+. The molecule has 0 aliphatic heterocycles. The second kappa shape index (κ2) is 10.2. The van der Waals surface area contributed by atoms with Crippen molar-refractivity contribution in [2.24, 2.45) is 0 Å². The van der Waals surface area contributed by atoms with Gasteiger partial charge in [-0.05, 0) is 48.4 Å². The highest BCUT2D eigenvalue weighted by Gasteiger charge is 2.17. The van der Waals surface area contributed by atoms with E-state index in [0.29, 0.717) is 16.0 Å². The minimum absolute atomic E-state index is 0.109. The number of hydrogen-bond donors (Lipinski definition) is 1. The minimum Gasteiger partial charge on any atom is -0.423 e. The molecule has 0 aliphatic carbocycles. The van der Waals surface area contributed by atoms with Gasteiger partial charge >= 0.3 is 11.6 Å². The number of benzene rings is 3. The lowest BCUT2D eigenvalue weighted by Gasteiger charge is -2.14. The number of ether oxygens (including phenoxy) is 1. The van der Waals surface area contributed by atoms with Crippen molar-refractivity contribution in [1.29, 1.82) is 0 Å². The second-order valence-corrected chi connectivity index (χ2v) is 7.94. The van der Waals surface area contributed by atoms with Crippen LogP contribution in [0.25, 0.3) is 17.0 Å². The molecule has 0 bridgehead atoms. The third kappa shape index (κ3) is 5.42. The van der Waals surface area contributed by atoms with Gasteiger partial charge in [-0.15, -0.1) is 0 Å². The van der Waals surface area contributed by atoms with Crippen LogP contribution in [-0.2, 0) is 4.79 Å². The molecule has 34 heavy (non-hydrogen) atoms. The molecule has 1 unspecified atom stereocenters. The Morgan fingerprint density at radius 2 is 1.74 bits per heavy atom. The fourth-order valence-electron chi connectivity index (χ4n) is 3.33. The number of amides is 1. The van der Waals surface area contributed by atoms with Gasteiger partial charge in [0.15, 0.2) is 0 Å². The van der Waals surface area contributed by atoms with Crippen molar-refractivity contribution in [2.45, 2.75) is 13.0 Å². The topological polar surface area (TPSA) is 85.6 Å². The van der Waals surface area contributed by atoms with E-state index in [-0.39, 0.29) is 22.9 Å². The SMILES string of the molecule is CC(NC(=O)c1cc2ccc(OC(=O)/C=C/c3ccccc3Cl)cc2oc1=O)c1ccccc1. The zero-order valence-corrected chi connectivity index (χ0v) is 18.9. The van der Waals surface area contributed by atoms with Crippen LogP contribution in [0.3, 0.4) is 0 Å². The van der Waals surface area contributed by atoms with Crippen LogP contribution in [0.5, 0.6) is 5.75 Å². The number of halogens is 1. The number of rotatable bonds is 6. The first-order valence-corrected chi connectivity index (χ1v) is 10.9. The van der Waals surface area contributed by atoms with Gasteiger partial charge in [0.1, 0.15) is 16.9 Å². The molecule has 0 spiro atoms. The molecule has 0 aliphatic rings. The van der Waals surface area contributed by atoms with E-state index in [1.54, 1.807) is 42.5 Å². The molecule has 1 N–H and O–H groups in total. The Balaban J connectivity index is 1.49. The summed E-state index contributed by atoms with van der Waals surface area (Å²) in [5.41, 5.74) is 0.891. The fraction of sp³-hybridized carbons (Fsp3) is 0.0741. The third-order valence-electron chi connectivity index (χ3n) is 5.12. The predicted molar refractivity (Wildman–Crippen MR) is 131 cm³/mol. The van der Waals surface area contributed by atoms with Crippen LogP contribution in [-0.4, -0.2) is 11.9 Å². The van der Waals surface area contributed by atoms with Gasteiger partial charge < -0.3 is 14.5 Å². The van der Waals surface area contributed by atoms with E-state index in [0.717, 1.165) is 5.56 Å². The molecule has 0 saturated heterocycles. The molecule has 4 rings (SSSR count). The molecule has 0 radical (unpaired) electrons. The van der Waals surface area contributed by atoms with Gasteiger partial charge in [0, 0.05) is 22.6 Å². The first kappa shape index (κ1) is 23.0. The Bertz CT molecular complexity index is 1440. The zero-order valence-electron chi connectivity index (χ0n) is 18.2. The van der Waals surface area contributed by atoms with Gasteiger partial charge in [-0.25, -0.2) is 9.59 Å². The van der Waals surface area contributed by atoms with Gasteiger partial charge in [-0.2, -0.15) is 0 Å². The Labute approximate surface area is 200 Å². The maximum atomic E-state index is 12.7. The minimum atomic E-state index is -0.785. The lowest BCUT2D eigenvalue weighted by Crippen LogP contribution is -2.30. The van der Waals surface area contributed by atoms with Crippen molar-refractivity contribution in [3.05, 3.63) is 117 Å². The number of esters is 1. The van der Waals surface area contributed by atoms with E-state index in [4.69, 9.17) is 20.8 Å². The molecule has 3 aromatic carbocycles. The summed E-state index contributed by atoms with van der Waals surface area (Å²) in [4.78, 5) is 37.3. The van der Waals surface area contributed by atoms with Crippen molar-refractivity contribution in [3.63, 3.8) is 0 Å². The van der Waals surface area contributed by atoms with Crippen LogP contribution >= 0.6 is 11.6 Å². The average Bonchev–Trinajstić information content (AvgIpc) is 2.83. The largest absolute Gasteiger partial charge is 0.423 e. The van der Waals surface area contributed by atoms with E-state index < -0.39 is 17.5 Å². The second-order valence-electron chi connectivity index (χ2n) is 7.53. The molecule has 1 aromatic heterocycles. The van der Waals surface area contributed by atoms with Gasteiger partial charge in [0.25, 0.3) is 5.91 Å². The molecule has 1 amide bonds. The molecule has 0 fully saturated rings. The molecule has 0 saturated carbocycles. The maximum Gasteiger partial charge on any atom is 0.349 e. The number of hydrogen-bond acceptors (Lipinski definition) is 5. The number of fused-ring (bicyclic) bond motifs is 1. The van der Waals surface area contributed by atoms with Gasteiger partial charge in [-0.3, -0.25) is 4.79 Å². The number of nitrogens with one attached hydrogen (secondary N) is 1. The summed E-state index contributed by atoms with van der Waals surface area (Å²) in [6.07, 6.45) is 2.80. The summed E-state index contributed by atoms with van der Waals surface area (Å²) >= 11 is 6.07. The van der Waals surface area contributed by atoms with E-state index in [9.17, 15) is 14.4 Å². The molecule has 170 valence electrons. The van der Waals surface area contributed by atoms with Crippen LogP contribution in [0.4, 0.5) is 0 Å². The van der Waals surface area contributed by atoms with Gasteiger partial charge in [0.2, 0.25) is 0 Å². The quantitative estimate of drug-likeness (QED) is 0.171. The highest BCUT2D eigenvalue weighted by Crippen LogP contribution is 2.22. The van der Waals surface area contributed by atoms with Crippen LogP contribution in [0.2, 0.25) is 5.02 Å². The number of carbonyl (C=O) groups excluding carboxylic acids is 2. The molecule has 7 heteroatoms. The Kier molecular flexibility index (Phi) is 6.90. The van der Waals surface area contributed by atoms with Crippen molar-refractivity contribution in [1.82, 2.24) is 5.32 Å². The summed E-state index contributed by atoms with van der Waals surface area (Å²) in [6.45, 7) is 1.83. The lowest BCUT2D eigenvalue weighted by molar-refractivity contribution is -0.128. The van der Waals surface area contributed by atoms with Crippen molar-refractivity contribution in [2.75, 3.05) is 0 Å². The molecule has 1 atom stereocenters. The average molecular weight is 474 g/mol. The van der Waals surface area contributed by atoms with Crippen molar-refractivity contribution >= 4 is 40.5 Å². The molecular formula is C27H20ClNO5. The third-order valence-corrected chi connectivity index (χ3v) is 5.47. The molecule has 4 aromatic rings. The number of carbonyl (C=O) groups is 2. The summed E-state index contributed by atoms with van der Waals surface area (Å²) in [5.74, 6) is -0.959. The van der Waals surface area contributed by atoms with E-state index in [2.05, 4.69) is 5.32 Å². The highest BCUT2D eigenvalue weighted by atomic mass is 35.5. The van der Waals surface area contributed by atoms with Crippen LogP contribution in [0.1, 0.15) is 34.5 Å². The first-order valence-electron chi connectivity index (χ1n) is 10.5. The fourth-order valence-corrected chi connectivity index (χ4v) is 3.53. The zero-order chi connectivity index (χ0) is 24.1. The normalized spacial score (nSPS) is 11.9.